The van der Waals surface area contributed by atoms with Gasteiger partial charge in [0, 0.05) is 6.54 Å². The molecular formula is C10H19N3O. The molecule has 0 fully saturated rings. The van der Waals surface area contributed by atoms with Crippen LogP contribution in [-0.2, 0) is 6.54 Å². The van der Waals surface area contributed by atoms with E-state index >= 15 is 0 Å². The first kappa shape index (κ1) is 11.0. The van der Waals surface area contributed by atoms with E-state index in [0.717, 1.165) is 38.3 Å². The summed E-state index contributed by atoms with van der Waals surface area (Å²) in [6, 6.07) is 0. The molecule has 0 aliphatic heterocycles. The zero-order valence-corrected chi connectivity index (χ0v) is 8.99. The van der Waals surface area contributed by atoms with Crippen LogP contribution in [0.3, 0.4) is 0 Å². The lowest BCUT2D eigenvalue weighted by Crippen LogP contribution is -2.14. The maximum atomic E-state index is 5.50. The molecule has 0 aromatic carbocycles. The zero-order valence-electron chi connectivity index (χ0n) is 8.99. The van der Waals surface area contributed by atoms with Gasteiger partial charge in [0.05, 0.1) is 25.5 Å². The van der Waals surface area contributed by atoms with Gasteiger partial charge in [0.1, 0.15) is 0 Å². The van der Waals surface area contributed by atoms with Crippen molar-refractivity contribution < 1.29 is 4.74 Å². The maximum absolute atomic E-state index is 5.50. The molecule has 1 rings (SSSR count). The minimum atomic E-state index is 0.786. The summed E-state index contributed by atoms with van der Waals surface area (Å²) in [6.07, 6.45) is 5.97. The molecule has 0 atom stereocenters. The van der Waals surface area contributed by atoms with E-state index in [1.165, 1.54) is 0 Å². The van der Waals surface area contributed by atoms with Crippen molar-refractivity contribution in [2.45, 2.75) is 26.3 Å². The summed E-state index contributed by atoms with van der Waals surface area (Å²) in [6.45, 7) is 4.75. The van der Waals surface area contributed by atoms with Crippen molar-refractivity contribution in [3.8, 4) is 5.75 Å². The summed E-state index contributed by atoms with van der Waals surface area (Å²) < 4.78 is 7.39. The Kier molecular flexibility index (Phi) is 5.07. The number of rotatable bonds is 7. The SMILES string of the molecule is CCCCOc1cnn(CCNC)c1. The fraction of sp³-hybridized carbons (Fsp3) is 0.700. The molecule has 14 heavy (non-hydrogen) atoms. The highest BCUT2D eigenvalue weighted by Crippen LogP contribution is 2.08. The first-order valence-electron chi connectivity index (χ1n) is 5.16. The quantitative estimate of drug-likeness (QED) is 0.669. The van der Waals surface area contributed by atoms with Gasteiger partial charge < -0.3 is 10.1 Å². The Morgan fingerprint density at radius 2 is 2.43 bits per heavy atom. The van der Waals surface area contributed by atoms with Gasteiger partial charge in [-0.3, -0.25) is 4.68 Å². The fourth-order valence-corrected chi connectivity index (χ4v) is 1.10. The van der Waals surface area contributed by atoms with Crippen molar-refractivity contribution in [3.05, 3.63) is 12.4 Å². The smallest absolute Gasteiger partial charge is 0.157 e. The molecule has 0 unspecified atom stereocenters. The predicted molar refractivity (Wildman–Crippen MR) is 56.6 cm³/mol. The minimum absolute atomic E-state index is 0.786. The second-order valence-corrected chi connectivity index (χ2v) is 3.24. The van der Waals surface area contributed by atoms with Crippen molar-refractivity contribution in [1.29, 1.82) is 0 Å². The third-order valence-corrected chi connectivity index (χ3v) is 1.97. The van der Waals surface area contributed by atoms with E-state index in [1.807, 2.05) is 17.9 Å². The molecular weight excluding hydrogens is 178 g/mol. The minimum Gasteiger partial charge on any atom is -0.490 e. The Morgan fingerprint density at radius 1 is 1.57 bits per heavy atom. The van der Waals surface area contributed by atoms with E-state index in [0.29, 0.717) is 0 Å². The highest BCUT2D eigenvalue weighted by molar-refractivity contribution is 5.11. The number of unbranched alkanes of at least 4 members (excludes halogenated alkanes) is 1. The number of aromatic nitrogens is 2. The molecule has 4 heteroatoms. The van der Waals surface area contributed by atoms with E-state index in [4.69, 9.17) is 4.74 Å². The molecule has 0 spiro atoms. The average molecular weight is 197 g/mol. The molecule has 0 saturated heterocycles. The van der Waals surface area contributed by atoms with Crippen LogP contribution in [0.5, 0.6) is 5.75 Å². The Hall–Kier alpha value is -1.03. The first-order valence-corrected chi connectivity index (χ1v) is 5.16. The Labute approximate surface area is 85.3 Å². The van der Waals surface area contributed by atoms with Crippen LogP contribution >= 0.6 is 0 Å². The molecule has 0 amide bonds. The normalized spacial score (nSPS) is 10.4. The highest BCUT2D eigenvalue weighted by atomic mass is 16.5. The highest BCUT2D eigenvalue weighted by Gasteiger charge is 1.97. The summed E-state index contributed by atoms with van der Waals surface area (Å²) in [5.41, 5.74) is 0. The fourth-order valence-electron chi connectivity index (χ4n) is 1.10. The van der Waals surface area contributed by atoms with Gasteiger partial charge in [0.25, 0.3) is 0 Å². The van der Waals surface area contributed by atoms with E-state index in [1.54, 1.807) is 6.20 Å². The number of likely N-dealkylation sites (N-methyl/N-ethyl adjacent to an activating group) is 1. The topological polar surface area (TPSA) is 39.1 Å². The summed E-state index contributed by atoms with van der Waals surface area (Å²) in [5, 5.41) is 7.26. The lowest BCUT2D eigenvalue weighted by atomic mass is 10.4. The van der Waals surface area contributed by atoms with Crippen LogP contribution < -0.4 is 10.1 Å². The molecule has 0 aliphatic carbocycles. The lowest BCUT2D eigenvalue weighted by molar-refractivity contribution is 0.309. The number of ether oxygens (including phenoxy) is 1. The van der Waals surface area contributed by atoms with Gasteiger partial charge in [-0.15, -0.1) is 0 Å². The summed E-state index contributed by atoms with van der Waals surface area (Å²) >= 11 is 0. The van der Waals surface area contributed by atoms with Crippen molar-refractivity contribution in [2.24, 2.45) is 0 Å². The Bertz CT molecular complexity index is 247. The van der Waals surface area contributed by atoms with Gasteiger partial charge in [-0.25, -0.2) is 0 Å². The molecule has 0 radical (unpaired) electrons. The molecule has 1 heterocycles. The summed E-state index contributed by atoms with van der Waals surface area (Å²) in [5.74, 6) is 0.870. The van der Waals surface area contributed by atoms with Crippen molar-refractivity contribution in [3.63, 3.8) is 0 Å². The van der Waals surface area contributed by atoms with Crippen LogP contribution in [0.15, 0.2) is 12.4 Å². The van der Waals surface area contributed by atoms with Crippen LogP contribution in [-0.4, -0.2) is 30.0 Å². The molecule has 1 N–H and O–H groups in total. The summed E-state index contributed by atoms with van der Waals surface area (Å²) in [4.78, 5) is 0. The summed E-state index contributed by atoms with van der Waals surface area (Å²) in [7, 11) is 1.93. The number of nitrogens with one attached hydrogen (secondary N) is 1. The van der Waals surface area contributed by atoms with Crippen LogP contribution in [0.1, 0.15) is 19.8 Å². The standard InChI is InChI=1S/C10H19N3O/c1-3-4-7-14-10-8-12-13(9-10)6-5-11-2/h8-9,11H,3-7H2,1-2H3. The average Bonchev–Trinajstić information content (AvgIpc) is 2.63. The lowest BCUT2D eigenvalue weighted by Gasteiger charge is -2.01. The number of nitrogens with zero attached hydrogens (tertiary/aromatic N) is 2. The predicted octanol–water partition coefficient (Wildman–Crippen LogP) is 1.28. The number of hydrogen-bond acceptors (Lipinski definition) is 3. The third kappa shape index (κ3) is 3.79. The van der Waals surface area contributed by atoms with E-state index in [2.05, 4.69) is 17.3 Å². The maximum Gasteiger partial charge on any atom is 0.157 e. The van der Waals surface area contributed by atoms with Gasteiger partial charge in [0.2, 0.25) is 0 Å². The van der Waals surface area contributed by atoms with Gasteiger partial charge in [-0.1, -0.05) is 13.3 Å². The third-order valence-electron chi connectivity index (χ3n) is 1.97. The first-order chi connectivity index (χ1) is 6.86. The molecule has 0 saturated carbocycles. The molecule has 4 nitrogen and oxygen atoms in total. The monoisotopic (exact) mass is 197 g/mol. The van der Waals surface area contributed by atoms with Gasteiger partial charge in [0.15, 0.2) is 5.75 Å². The molecule has 1 aromatic heterocycles. The van der Waals surface area contributed by atoms with Gasteiger partial charge >= 0.3 is 0 Å². The van der Waals surface area contributed by atoms with Crippen LogP contribution in [0.2, 0.25) is 0 Å². The van der Waals surface area contributed by atoms with Crippen LogP contribution in [0.4, 0.5) is 0 Å². The van der Waals surface area contributed by atoms with Gasteiger partial charge in [-0.2, -0.15) is 5.10 Å². The van der Waals surface area contributed by atoms with Gasteiger partial charge in [-0.05, 0) is 13.5 Å². The van der Waals surface area contributed by atoms with E-state index in [9.17, 15) is 0 Å². The molecule has 0 bridgehead atoms. The largest absolute Gasteiger partial charge is 0.490 e. The Morgan fingerprint density at radius 3 is 3.14 bits per heavy atom. The van der Waals surface area contributed by atoms with E-state index in [-0.39, 0.29) is 0 Å². The Balaban J connectivity index is 2.27. The molecule has 1 aromatic rings. The van der Waals surface area contributed by atoms with Crippen molar-refractivity contribution in [1.82, 2.24) is 15.1 Å². The number of hydrogen-bond donors (Lipinski definition) is 1. The van der Waals surface area contributed by atoms with E-state index < -0.39 is 0 Å². The zero-order chi connectivity index (χ0) is 10.2. The van der Waals surface area contributed by atoms with Crippen LogP contribution in [0, 0.1) is 0 Å². The van der Waals surface area contributed by atoms with Crippen molar-refractivity contribution in [2.75, 3.05) is 20.2 Å². The molecule has 0 aliphatic rings. The second kappa shape index (κ2) is 6.43. The van der Waals surface area contributed by atoms with Crippen LogP contribution in [0.25, 0.3) is 0 Å². The molecule has 80 valence electrons. The van der Waals surface area contributed by atoms with Crippen molar-refractivity contribution >= 4 is 0 Å². The second-order valence-electron chi connectivity index (χ2n) is 3.24.